The number of amides is 2. The van der Waals surface area contributed by atoms with Crippen LogP contribution in [-0.2, 0) is 36.8 Å². The van der Waals surface area contributed by atoms with Gasteiger partial charge in [0.25, 0.3) is 11.8 Å². The van der Waals surface area contributed by atoms with Crippen molar-refractivity contribution in [2.45, 2.75) is 90.5 Å². The number of benzene rings is 2. The molecule has 7 aromatic rings. The molecule has 19 nitrogen and oxygen atoms in total. The maximum atomic E-state index is 11.6. The van der Waals surface area contributed by atoms with Crippen molar-refractivity contribution < 1.29 is 141 Å². The molecule has 0 aliphatic carbocycles. The second-order valence-corrected chi connectivity index (χ2v) is 28.6. The zero-order valence-electron chi connectivity index (χ0n) is 57.2. The molecule has 0 spiro atoms. The number of primary amides is 2. The van der Waals surface area contributed by atoms with E-state index in [1.807, 2.05) is 83.0 Å². The maximum Gasteiger partial charge on any atom is 1.00 e. The van der Waals surface area contributed by atoms with Crippen LogP contribution in [-0.4, -0.2) is 120 Å². The predicted molar refractivity (Wildman–Crippen MR) is 413 cm³/mol. The van der Waals surface area contributed by atoms with E-state index in [0.717, 1.165) is 88.8 Å². The van der Waals surface area contributed by atoms with E-state index in [9.17, 15) is 37.5 Å². The van der Waals surface area contributed by atoms with Crippen molar-refractivity contribution >= 4 is 235 Å². The van der Waals surface area contributed by atoms with Crippen LogP contribution in [0.15, 0.2) is 113 Å². The van der Waals surface area contributed by atoms with Crippen LogP contribution in [0.4, 0.5) is 11.4 Å². The smallest absolute Gasteiger partial charge is 0.857 e. The van der Waals surface area contributed by atoms with Gasteiger partial charge < -0.3 is 60.8 Å². The molecule has 0 fully saturated rings. The minimum atomic E-state index is -3.26. The monoisotopic (exact) mass is 1640 g/mol. The number of ketones is 2. The Morgan fingerprint density at radius 2 is 1.12 bits per heavy atom. The second kappa shape index (κ2) is 61.6. The molecule has 0 unspecified atom stereocenters. The topological polar surface area (TPSA) is 376 Å². The summed E-state index contributed by atoms with van der Waals surface area (Å²) < 4.78 is 24.9. The van der Waals surface area contributed by atoms with Gasteiger partial charge in [0.2, 0.25) is 5.24 Å². The van der Waals surface area contributed by atoms with Gasteiger partial charge >= 0.3 is 95.8 Å². The number of carbonyl (C=O) groups excluding carboxylic acids is 5. The molecule has 5 heterocycles. The van der Waals surface area contributed by atoms with Crippen molar-refractivity contribution in [3.05, 3.63) is 141 Å². The van der Waals surface area contributed by atoms with Gasteiger partial charge in [0.1, 0.15) is 40.2 Å². The first-order valence-corrected chi connectivity index (χ1v) is 37.6. The molecule has 0 bridgehead atoms. The number of nitrogens with one attached hydrogen (secondary N) is 1. The quantitative estimate of drug-likeness (QED) is 0.0240. The number of aromatic nitrogens is 3. The molecule has 11 N–H and O–H groups in total. The Balaban J connectivity index is -0.000000163. The summed E-state index contributed by atoms with van der Waals surface area (Å²) in [5.74, 6) is -1.11. The second-order valence-electron chi connectivity index (χ2n) is 17.9. The van der Waals surface area contributed by atoms with Crippen molar-refractivity contribution in [2.24, 2.45) is 11.5 Å². The number of pyridine rings is 3. The molecular formula is C61H79BCl5N8Na3O11S9. The molecule has 0 atom stereocenters. The number of nitriles is 1. The van der Waals surface area contributed by atoms with Gasteiger partial charge in [0, 0.05) is 67.2 Å². The van der Waals surface area contributed by atoms with Crippen molar-refractivity contribution in [3.8, 4) is 17.2 Å². The fraction of sp³-hybridized carbons (Fsp3) is 0.295. The molecule has 5 aromatic heterocycles. The number of thiophene rings is 2. The molecule has 0 radical (unpaired) electrons. The van der Waals surface area contributed by atoms with Crippen LogP contribution in [0.1, 0.15) is 89.6 Å². The number of thioether (sulfide) groups is 4. The van der Waals surface area contributed by atoms with E-state index in [1.165, 1.54) is 36.9 Å². The SMILES string of the molecule is C.C=C(Cl)Cl.CC(=O)C=C(Cl)Cl.CC(=O)Cl.CC(C)[O-].CSC(=CC(C)=O)SC.CSc1cc(C)[nH]c(=S)c1C#N.CSc1cc(C)nc2sc(C(N)=O)c(N)c12.C[O-].C[S-].Cc1cc(-c2ccc(S(C)(=O)=O)cc2)c2c(N)c(C(N)=O)sc2n1.Cc1ccc(B(O)O)cc1.[Na+].[Na+].[Na+]. The molecular weight excluding hydrogens is 1570 g/mol. The van der Waals surface area contributed by atoms with Gasteiger partial charge in [0.05, 0.1) is 20.8 Å². The third kappa shape index (κ3) is 48.4. The third-order valence-electron chi connectivity index (χ3n) is 9.75. The number of anilines is 2. The summed E-state index contributed by atoms with van der Waals surface area (Å²) in [5, 5.41) is 45.0. The van der Waals surface area contributed by atoms with Crippen LogP contribution in [0.2, 0.25) is 0 Å². The maximum absolute atomic E-state index is 11.6. The Labute approximate surface area is 704 Å². The molecule has 0 aliphatic heterocycles. The molecule has 2 aromatic carbocycles. The number of aryl methyl sites for hydroxylation is 4. The summed E-state index contributed by atoms with van der Waals surface area (Å²) in [4.78, 5) is 68.4. The van der Waals surface area contributed by atoms with Crippen molar-refractivity contribution in [1.82, 2.24) is 15.0 Å². The fourth-order valence-electron chi connectivity index (χ4n) is 6.27. The Kier molecular flexibility index (Phi) is 70.6. The molecule has 0 saturated heterocycles. The minimum Gasteiger partial charge on any atom is -0.857 e. The van der Waals surface area contributed by atoms with Gasteiger partial charge in [-0.15, -0.1) is 75.8 Å². The number of halogens is 5. The van der Waals surface area contributed by atoms with Crippen LogP contribution < -0.4 is 127 Å². The zero-order valence-corrected chi connectivity index (χ0v) is 74.3. The molecule has 524 valence electrons. The normalized spacial score (nSPS) is 9.16. The first-order chi connectivity index (χ1) is 43.6. The summed E-state index contributed by atoms with van der Waals surface area (Å²) >= 11 is 42.3. The van der Waals surface area contributed by atoms with Gasteiger partial charge in [-0.1, -0.05) is 128 Å². The standard InChI is InChI=1S/C16H15N3O3S2.C10H11N3OS2.C8H8N2S2.C7H9BO2.C6H10OS2.C4H4Cl2O.C3H7O.C2H2Cl2.C2H3ClO.CH3O.CH4S.CH4.3Na/c1-8-7-11(9-3-5-10(6-4-9)24(2,21)22)12-13(17)14(15(18)20)23-16(12)19-8;1-4-3-5(15-2)6-7(11)8(9(12)14)16-10(6)13-4;1-5-3-7(12-2)6(4-9)8(11)10-5;1-6-2-4-7(5-3-6)8(9)10;1-5(7)4-6(8-2)9-3;1-3(7)2-4(5)6;1-3(2)4;2*1-2(3)4;2*1-2;;;;/h3-7H,17H2,1-2H3,(H2,18,20);3H,11H2,1-2H3,(H2,12,14);3H,1-2H3,(H,10,11);2-5,9-10H,1H3;4H,1-3H3;2H,1H3;3H,1-2H3;1H2;1H3;1H3;2H,1H3;1H4;;;/q;;;;;;-1;;;-1;;;3*+1/p-1. The number of H-pyrrole nitrogens is 1. The number of nitrogens with two attached hydrogens (primary N) is 4. The molecule has 7 rings (SSSR count). The number of fused-ring (bicyclic) bond motifs is 2. The number of rotatable bonds is 11. The van der Waals surface area contributed by atoms with Crippen LogP contribution in [0.25, 0.3) is 31.6 Å². The molecule has 0 saturated carbocycles. The number of nitrogen functional groups attached to an aromatic ring is 2. The molecule has 37 heteroatoms. The average molecular weight is 1650 g/mol. The van der Waals surface area contributed by atoms with Crippen LogP contribution in [0.3, 0.4) is 0 Å². The Morgan fingerprint density at radius 3 is 1.43 bits per heavy atom. The van der Waals surface area contributed by atoms with Crippen molar-refractivity contribution in [1.29, 1.82) is 5.26 Å². The molecule has 0 aliphatic rings. The van der Waals surface area contributed by atoms with Gasteiger partial charge in [-0.3, -0.25) is 24.0 Å². The van der Waals surface area contributed by atoms with Gasteiger partial charge in [-0.05, 0) is 125 Å². The fourth-order valence-corrected chi connectivity index (χ4v) is 12.3. The first-order valence-electron chi connectivity index (χ1n) is 26.0. The molecule has 98 heavy (non-hydrogen) atoms. The Bertz CT molecular complexity index is 3860. The minimum absolute atomic E-state index is 0. The van der Waals surface area contributed by atoms with E-state index in [-0.39, 0.29) is 132 Å². The summed E-state index contributed by atoms with van der Waals surface area (Å²) in [7, 11) is -3.86. The molecule has 2 amide bonds. The van der Waals surface area contributed by atoms with Crippen LogP contribution >= 0.6 is 140 Å². The van der Waals surface area contributed by atoms with Crippen molar-refractivity contribution in [2.75, 3.05) is 56.1 Å². The summed E-state index contributed by atoms with van der Waals surface area (Å²) in [5.41, 5.74) is 29.9. The number of nitrogens with zero attached hydrogens (tertiary/aromatic N) is 3. The van der Waals surface area contributed by atoms with E-state index in [1.54, 1.807) is 105 Å². The van der Waals surface area contributed by atoms with Crippen LogP contribution in [0, 0.1) is 43.7 Å². The van der Waals surface area contributed by atoms with Crippen molar-refractivity contribution in [3.63, 3.8) is 0 Å². The van der Waals surface area contributed by atoms with Gasteiger partial charge in [0.15, 0.2) is 21.4 Å². The van der Waals surface area contributed by atoms with Crippen LogP contribution in [0.5, 0.6) is 0 Å². The van der Waals surface area contributed by atoms with E-state index < -0.39 is 34.9 Å². The predicted octanol–water partition coefficient (Wildman–Crippen LogP) is 3.97. The van der Waals surface area contributed by atoms with E-state index >= 15 is 0 Å². The van der Waals surface area contributed by atoms with Gasteiger partial charge in [-0.2, -0.15) is 18.6 Å². The Hall–Kier alpha value is -1.66. The summed E-state index contributed by atoms with van der Waals surface area (Å²) in [6.45, 7) is 18.2. The summed E-state index contributed by atoms with van der Waals surface area (Å²) in [6, 6.07) is 21.4. The van der Waals surface area contributed by atoms with E-state index in [0.29, 0.717) is 42.1 Å². The first kappa shape index (κ1) is 112. The largest absolute Gasteiger partial charge is 1.00 e. The number of allylic oxidation sites excluding steroid dienone is 2. The van der Waals surface area contributed by atoms with Gasteiger partial charge in [-0.25, -0.2) is 18.4 Å². The number of hydrogen-bond donors (Lipinski definition) is 7. The number of hydrogen-bond acceptors (Lipinski definition) is 24. The third-order valence-corrected chi connectivity index (χ3v) is 17.2. The summed E-state index contributed by atoms with van der Waals surface area (Å²) in [6.07, 6.45) is 12.9. The Morgan fingerprint density at radius 1 is 0.745 bits per heavy atom. The zero-order chi connectivity index (χ0) is 74.1. The van der Waals surface area contributed by atoms with E-state index in [4.69, 9.17) is 102 Å². The number of aromatic amines is 1. The number of sulfone groups is 1. The number of carbonyl (C=O) groups is 5. The van der Waals surface area contributed by atoms with E-state index in [2.05, 4.69) is 51.8 Å². The average Bonchev–Trinajstić information content (AvgIpc) is 1.62.